The molecule has 0 radical (unpaired) electrons. The Balaban J connectivity index is 1.21. The highest BCUT2D eigenvalue weighted by Crippen LogP contribution is 2.33. The summed E-state index contributed by atoms with van der Waals surface area (Å²) in [5.74, 6) is 2.66. The summed E-state index contributed by atoms with van der Waals surface area (Å²) in [6.07, 6.45) is 9.57. The zero-order valence-corrected chi connectivity index (χ0v) is 22.4. The van der Waals surface area contributed by atoms with Crippen LogP contribution in [0.25, 0.3) is 0 Å². The number of nitrogens with one attached hydrogen (secondary N) is 3. The largest absolute Gasteiger partial charge is 0.573 e. The highest BCUT2D eigenvalue weighted by molar-refractivity contribution is 5.53. The van der Waals surface area contributed by atoms with Crippen molar-refractivity contribution in [1.82, 2.24) is 15.3 Å². The number of anilines is 2. The second kappa shape index (κ2) is 14.4. The van der Waals surface area contributed by atoms with Gasteiger partial charge in [0.1, 0.15) is 23.2 Å². The molecular weight excluding hydrogens is 505 g/mol. The van der Waals surface area contributed by atoms with Crippen LogP contribution in [0.1, 0.15) is 75.3 Å². The number of aromatic nitrogens is 2. The maximum absolute atomic E-state index is 12.7. The Bertz CT molecular complexity index is 1080. The molecule has 1 aromatic heterocycles. The van der Waals surface area contributed by atoms with Crippen molar-refractivity contribution < 1.29 is 17.9 Å². The number of nitriles is 1. The smallest absolute Gasteiger partial charge is 0.405 e. The van der Waals surface area contributed by atoms with Gasteiger partial charge in [0.15, 0.2) is 0 Å². The van der Waals surface area contributed by atoms with Crippen LogP contribution in [0.2, 0.25) is 0 Å². The summed E-state index contributed by atoms with van der Waals surface area (Å²) in [7, 11) is 0. The summed E-state index contributed by atoms with van der Waals surface area (Å²) in [5, 5.41) is 19.2. The lowest BCUT2D eigenvalue weighted by molar-refractivity contribution is -0.274. The number of para-hydroxylation sites is 1. The first kappa shape index (κ1) is 28.9. The summed E-state index contributed by atoms with van der Waals surface area (Å²) in [6, 6.07) is 8.04. The maximum Gasteiger partial charge on any atom is 0.573 e. The van der Waals surface area contributed by atoms with Crippen LogP contribution >= 0.6 is 0 Å². The number of nitrogens with zero attached hydrogens (tertiary/aromatic N) is 3. The highest BCUT2D eigenvalue weighted by atomic mass is 19.4. The number of alkyl halides is 3. The van der Waals surface area contributed by atoms with Crippen LogP contribution in [-0.4, -0.2) is 36.0 Å². The number of halogens is 3. The topological polar surface area (TPSA) is 94.9 Å². The van der Waals surface area contributed by atoms with Gasteiger partial charge in [-0.2, -0.15) is 10.2 Å². The van der Waals surface area contributed by atoms with E-state index in [1.54, 1.807) is 12.1 Å². The quantitative estimate of drug-likeness (QED) is 0.258. The Morgan fingerprint density at radius 2 is 1.62 bits per heavy atom. The molecule has 2 aromatic rings. The molecular formula is C29H39F3N6O. The minimum Gasteiger partial charge on any atom is -0.405 e. The zero-order valence-electron chi connectivity index (χ0n) is 22.4. The molecule has 39 heavy (non-hydrogen) atoms. The van der Waals surface area contributed by atoms with E-state index in [0.717, 1.165) is 18.4 Å². The van der Waals surface area contributed by atoms with Crippen LogP contribution in [0.3, 0.4) is 0 Å². The number of rotatable bonds is 12. The van der Waals surface area contributed by atoms with Crippen molar-refractivity contribution in [1.29, 1.82) is 5.26 Å². The maximum atomic E-state index is 12.7. The molecule has 212 valence electrons. The second-order valence-electron chi connectivity index (χ2n) is 10.8. The van der Waals surface area contributed by atoms with E-state index in [1.165, 1.54) is 95.6 Å². The van der Waals surface area contributed by atoms with Gasteiger partial charge in [-0.3, -0.25) is 0 Å². The van der Waals surface area contributed by atoms with E-state index in [2.05, 4.69) is 36.7 Å². The molecule has 1 saturated carbocycles. The van der Waals surface area contributed by atoms with Gasteiger partial charge in [-0.15, -0.1) is 13.2 Å². The van der Waals surface area contributed by atoms with Crippen molar-refractivity contribution in [3.63, 3.8) is 0 Å². The molecule has 2 aliphatic rings. The van der Waals surface area contributed by atoms with Gasteiger partial charge in [-0.05, 0) is 62.6 Å². The summed E-state index contributed by atoms with van der Waals surface area (Å²) < 4.78 is 42.2. The molecule has 4 rings (SSSR count). The fraction of sp³-hybridized carbons (Fsp3) is 0.621. The molecule has 0 unspecified atom stereocenters. The molecule has 0 amide bonds. The fourth-order valence-corrected chi connectivity index (χ4v) is 5.73. The van der Waals surface area contributed by atoms with Gasteiger partial charge in [0.05, 0.1) is 6.20 Å². The van der Waals surface area contributed by atoms with Crippen LogP contribution in [0, 0.1) is 29.1 Å². The predicted octanol–water partition coefficient (Wildman–Crippen LogP) is 6.64. The lowest BCUT2D eigenvalue weighted by Gasteiger charge is -2.29. The molecule has 1 aromatic carbocycles. The summed E-state index contributed by atoms with van der Waals surface area (Å²) in [6.45, 7) is 3.14. The molecule has 0 bridgehead atoms. The average Bonchev–Trinajstić information content (AvgIpc) is 2.94. The fourth-order valence-electron chi connectivity index (χ4n) is 5.73. The Kier molecular flexibility index (Phi) is 10.7. The molecule has 10 heteroatoms. The molecule has 1 saturated heterocycles. The van der Waals surface area contributed by atoms with E-state index in [9.17, 15) is 18.4 Å². The Hall–Kier alpha value is -3.06. The number of unbranched alkanes of at least 4 members (excludes halogenated alkanes) is 1. The first-order chi connectivity index (χ1) is 18.9. The number of benzene rings is 1. The van der Waals surface area contributed by atoms with Crippen LogP contribution < -0.4 is 20.7 Å². The summed E-state index contributed by atoms with van der Waals surface area (Å²) in [5.41, 5.74) is 0.657. The summed E-state index contributed by atoms with van der Waals surface area (Å²) >= 11 is 0. The van der Waals surface area contributed by atoms with Crippen LogP contribution in [0.5, 0.6) is 5.75 Å². The molecule has 2 fully saturated rings. The third-order valence-corrected chi connectivity index (χ3v) is 8.00. The van der Waals surface area contributed by atoms with E-state index >= 15 is 0 Å². The van der Waals surface area contributed by atoms with Gasteiger partial charge in [-0.1, -0.05) is 56.7 Å². The Morgan fingerprint density at radius 3 is 2.31 bits per heavy atom. The van der Waals surface area contributed by atoms with Crippen molar-refractivity contribution >= 4 is 11.8 Å². The van der Waals surface area contributed by atoms with Crippen LogP contribution in [-0.2, 0) is 6.54 Å². The third-order valence-electron chi connectivity index (χ3n) is 8.00. The van der Waals surface area contributed by atoms with Crippen molar-refractivity contribution in [3.05, 3.63) is 41.6 Å². The first-order valence-electron chi connectivity index (χ1n) is 14.2. The highest BCUT2D eigenvalue weighted by Gasteiger charge is 2.32. The molecule has 7 nitrogen and oxygen atoms in total. The zero-order chi connectivity index (χ0) is 27.5. The summed E-state index contributed by atoms with van der Waals surface area (Å²) in [4.78, 5) is 8.58. The van der Waals surface area contributed by atoms with Crippen molar-refractivity contribution in [2.45, 2.75) is 77.1 Å². The molecule has 2 heterocycles. The van der Waals surface area contributed by atoms with Crippen molar-refractivity contribution in [2.24, 2.45) is 17.8 Å². The monoisotopic (exact) mass is 544 g/mol. The molecule has 0 spiro atoms. The van der Waals surface area contributed by atoms with Crippen LogP contribution in [0.15, 0.2) is 30.5 Å². The lowest BCUT2D eigenvalue weighted by Crippen LogP contribution is -2.27. The predicted molar refractivity (Wildman–Crippen MR) is 145 cm³/mol. The SMILES string of the molecule is N#Cc1cnc(NCc2ccccc2OC(F)(F)F)nc1NCC1CCC(CCCCC2CCNCC2)CC1. The van der Waals surface area contributed by atoms with Gasteiger partial charge >= 0.3 is 6.36 Å². The van der Waals surface area contributed by atoms with Crippen molar-refractivity contribution in [3.8, 4) is 11.8 Å². The minimum absolute atomic E-state index is 0.0411. The standard InChI is InChI=1S/C29H39F3N6O/c30-29(31,32)39-26-8-4-3-7-24(26)19-36-28-37-20-25(17-33)27(38-28)35-18-23-11-9-21(10-12-23)5-1-2-6-22-13-15-34-16-14-22/h3-4,7-8,20-23,34H,1-2,5-6,9-16,18-19H2,(H2,35,36,37,38). The number of hydrogen-bond acceptors (Lipinski definition) is 7. The molecule has 1 aliphatic carbocycles. The minimum atomic E-state index is -4.77. The Morgan fingerprint density at radius 1 is 0.949 bits per heavy atom. The van der Waals surface area contributed by atoms with E-state index in [4.69, 9.17) is 0 Å². The van der Waals surface area contributed by atoms with Gasteiger partial charge < -0.3 is 20.7 Å². The van der Waals surface area contributed by atoms with Gasteiger partial charge in [-0.25, -0.2) is 4.98 Å². The third kappa shape index (κ3) is 9.57. The van der Waals surface area contributed by atoms with E-state index in [0.29, 0.717) is 22.9 Å². The normalized spacial score (nSPS) is 20.3. The second-order valence-corrected chi connectivity index (χ2v) is 10.8. The Labute approximate surface area is 229 Å². The van der Waals surface area contributed by atoms with Gasteiger partial charge in [0.25, 0.3) is 0 Å². The van der Waals surface area contributed by atoms with Crippen molar-refractivity contribution in [2.75, 3.05) is 30.3 Å². The number of hydrogen-bond donors (Lipinski definition) is 3. The molecule has 1 aliphatic heterocycles. The van der Waals surface area contributed by atoms with Gasteiger partial charge in [0, 0.05) is 18.7 Å². The number of piperidine rings is 1. The van der Waals surface area contributed by atoms with E-state index in [-0.39, 0.29) is 18.2 Å². The van der Waals surface area contributed by atoms with E-state index < -0.39 is 6.36 Å². The van der Waals surface area contributed by atoms with E-state index in [1.807, 2.05) is 0 Å². The number of ether oxygens (including phenoxy) is 1. The lowest BCUT2D eigenvalue weighted by atomic mass is 9.79. The molecule has 0 atom stereocenters. The van der Waals surface area contributed by atoms with Crippen LogP contribution in [0.4, 0.5) is 24.9 Å². The first-order valence-corrected chi connectivity index (χ1v) is 14.2. The van der Waals surface area contributed by atoms with Gasteiger partial charge in [0.2, 0.25) is 5.95 Å². The average molecular weight is 545 g/mol. The molecule has 3 N–H and O–H groups in total.